The van der Waals surface area contributed by atoms with Crippen molar-refractivity contribution in [1.29, 1.82) is 0 Å². The molecule has 10 nitrogen and oxygen atoms in total. The molecule has 0 saturated carbocycles. The van der Waals surface area contributed by atoms with Gasteiger partial charge in [0.25, 0.3) is 5.91 Å². The largest absolute Gasteiger partial charge is 0.347 e. The zero-order valence-corrected chi connectivity index (χ0v) is 20.5. The fraction of sp³-hybridized carbons (Fsp3) is 0.391. The number of sulfonamides is 1. The normalized spacial score (nSPS) is 12.8. The van der Waals surface area contributed by atoms with Crippen LogP contribution < -0.4 is 10.6 Å². The second kappa shape index (κ2) is 10.7. The summed E-state index contributed by atoms with van der Waals surface area (Å²) in [5.74, 6) is -0.546. The number of hydrogen-bond acceptors (Lipinski definition) is 6. The number of hydrogen-bond donors (Lipinski definition) is 2. The van der Waals surface area contributed by atoms with E-state index in [9.17, 15) is 18.0 Å². The van der Waals surface area contributed by atoms with Crippen LogP contribution in [0.2, 0.25) is 0 Å². The minimum absolute atomic E-state index is 0.0353. The molecule has 0 aliphatic carbocycles. The molecule has 0 aliphatic heterocycles. The minimum atomic E-state index is -3.71. The van der Waals surface area contributed by atoms with Crippen molar-refractivity contribution in [3.63, 3.8) is 0 Å². The number of amides is 2. The molecule has 2 N–H and O–H groups in total. The van der Waals surface area contributed by atoms with Gasteiger partial charge in [-0.15, -0.1) is 10.2 Å². The van der Waals surface area contributed by atoms with E-state index in [0.717, 1.165) is 0 Å². The first-order valence-corrected chi connectivity index (χ1v) is 12.6. The molecule has 0 aliphatic rings. The lowest BCUT2D eigenvalue weighted by Gasteiger charge is -2.22. The van der Waals surface area contributed by atoms with Crippen LogP contribution in [0.5, 0.6) is 0 Å². The fourth-order valence-electron chi connectivity index (χ4n) is 3.56. The summed E-state index contributed by atoms with van der Waals surface area (Å²) in [6.07, 6.45) is 1.80. The molecular formula is C23H30N6O4S. The van der Waals surface area contributed by atoms with Gasteiger partial charge in [0.1, 0.15) is 6.04 Å². The molecule has 2 heterocycles. The van der Waals surface area contributed by atoms with Crippen LogP contribution in [0.25, 0.3) is 5.65 Å². The highest BCUT2D eigenvalue weighted by Gasteiger charge is 2.26. The van der Waals surface area contributed by atoms with E-state index in [1.165, 1.54) is 28.6 Å². The second-order valence-electron chi connectivity index (χ2n) is 8.08. The van der Waals surface area contributed by atoms with Gasteiger partial charge in [-0.2, -0.15) is 4.31 Å². The van der Waals surface area contributed by atoms with Crippen LogP contribution in [0.1, 0.15) is 43.9 Å². The van der Waals surface area contributed by atoms with Crippen LogP contribution in [0.3, 0.4) is 0 Å². The summed E-state index contributed by atoms with van der Waals surface area (Å²) in [5, 5.41) is 13.7. The Morgan fingerprint density at radius 3 is 2.47 bits per heavy atom. The summed E-state index contributed by atoms with van der Waals surface area (Å²) in [7, 11) is -3.71. The third kappa shape index (κ3) is 5.42. The van der Waals surface area contributed by atoms with Crippen molar-refractivity contribution >= 4 is 27.5 Å². The fourth-order valence-corrected chi connectivity index (χ4v) is 5.06. The van der Waals surface area contributed by atoms with Gasteiger partial charge in [0.2, 0.25) is 15.9 Å². The van der Waals surface area contributed by atoms with Gasteiger partial charge in [-0.05, 0) is 36.2 Å². The molecular weight excluding hydrogens is 456 g/mol. The Morgan fingerprint density at radius 1 is 1.06 bits per heavy atom. The highest BCUT2D eigenvalue weighted by Crippen LogP contribution is 2.17. The summed E-state index contributed by atoms with van der Waals surface area (Å²) < 4.78 is 28.7. The minimum Gasteiger partial charge on any atom is -0.347 e. The predicted octanol–water partition coefficient (Wildman–Crippen LogP) is 1.83. The molecule has 34 heavy (non-hydrogen) atoms. The summed E-state index contributed by atoms with van der Waals surface area (Å²) >= 11 is 0. The molecule has 0 unspecified atom stereocenters. The Bertz CT molecular complexity index is 1270. The quantitative estimate of drug-likeness (QED) is 0.450. The van der Waals surface area contributed by atoms with Crippen LogP contribution in [-0.4, -0.2) is 58.3 Å². The number of nitrogens with one attached hydrogen (secondary N) is 2. The van der Waals surface area contributed by atoms with E-state index in [4.69, 9.17) is 0 Å². The highest BCUT2D eigenvalue weighted by atomic mass is 32.2. The average molecular weight is 487 g/mol. The van der Waals surface area contributed by atoms with Crippen molar-refractivity contribution in [2.75, 3.05) is 13.1 Å². The molecule has 11 heteroatoms. The highest BCUT2D eigenvalue weighted by molar-refractivity contribution is 7.89. The summed E-state index contributed by atoms with van der Waals surface area (Å²) in [4.78, 5) is 25.9. The van der Waals surface area contributed by atoms with E-state index in [2.05, 4.69) is 20.8 Å². The third-order valence-corrected chi connectivity index (χ3v) is 7.53. The number of fused-ring (bicyclic) bond motifs is 1. The number of carbonyl (C=O) groups is 2. The first kappa shape index (κ1) is 25.3. The van der Waals surface area contributed by atoms with Crippen molar-refractivity contribution in [1.82, 2.24) is 29.5 Å². The topological polar surface area (TPSA) is 126 Å². The molecule has 0 radical (unpaired) electrons. The Labute approximate surface area is 199 Å². The number of carbonyl (C=O) groups excluding carboxylic acids is 2. The monoisotopic (exact) mass is 486 g/mol. The first-order valence-electron chi connectivity index (χ1n) is 11.2. The predicted molar refractivity (Wildman–Crippen MR) is 127 cm³/mol. The van der Waals surface area contributed by atoms with Gasteiger partial charge in [0, 0.05) is 24.8 Å². The van der Waals surface area contributed by atoms with Gasteiger partial charge < -0.3 is 10.6 Å². The van der Waals surface area contributed by atoms with E-state index < -0.39 is 22.0 Å². The lowest BCUT2D eigenvalue weighted by molar-refractivity contribution is -0.124. The van der Waals surface area contributed by atoms with Crippen molar-refractivity contribution in [2.45, 2.75) is 45.2 Å². The Morgan fingerprint density at radius 2 is 1.79 bits per heavy atom. The van der Waals surface area contributed by atoms with Crippen LogP contribution in [0.15, 0.2) is 53.6 Å². The molecule has 3 aromatic rings. The van der Waals surface area contributed by atoms with Crippen LogP contribution in [0.4, 0.5) is 0 Å². The summed E-state index contributed by atoms with van der Waals surface area (Å²) in [6.45, 7) is 7.94. The number of pyridine rings is 1. The molecule has 1 atom stereocenters. The zero-order valence-electron chi connectivity index (χ0n) is 19.7. The molecule has 2 amide bonds. The van der Waals surface area contributed by atoms with Gasteiger partial charge in [-0.1, -0.05) is 39.8 Å². The van der Waals surface area contributed by atoms with E-state index in [-0.39, 0.29) is 28.8 Å². The average Bonchev–Trinajstić information content (AvgIpc) is 3.24. The number of benzene rings is 1. The third-order valence-electron chi connectivity index (χ3n) is 5.48. The molecule has 1 aromatic carbocycles. The molecule has 0 saturated heterocycles. The number of rotatable bonds is 10. The maximum Gasteiger partial charge on any atom is 0.251 e. The van der Waals surface area contributed by atoms with E-state index in [1.54, 1.807) is 24.4 Å². The van der Waals surface area contributed by atoms with Crippen LogP contribution >= 0.6 is 0 Å². The SMILES string of the molecule is CCN(CC)S(=O)(=O)c1cccc(C(=O)N[C@@H](C(=O)NCc2nnc3ccccn23)C(C)C)c1. The molecule has 182 valence electrons. The van der Waals surface area contributed by atoms with Crippen molar-refractivity contribution < 1.29 is 18.0 Å². The summed E-state index contributed by atoms with van der Waals surface area (Å²) in [6, 6.07) is 10.5. The van der Waals surface area contributed by atoms with Gasteiger partial charge >= 0.3 is 0 Å². The van der Waals surface area contributed by atoms with Gasteiger partial charge in [0.05, 0.1) is 11.4 Å². The first-order chi connectivity index (χ1) is 16.2. The maximum atomic E-state index is 12.9. The second-order valence-corrected chi connectivity index (χ2v) is 10.0. The number of nitrogens with zero attached hydrogens (tertiary/aromatic N) is 4. The van der Waals surface area contributed by atoms with Crippen molar-refractivity contribution in [2.24, 2.45) is 5.92 Å². The Balaban J connectivity index is 1.73. The summed E-state index contributed by atoms with van der Waals surface area (Å²) in [5.41, 5.74) is 0.829. The van der Waals surface area contributed by atoms with Crippen LogP contribution in [0, 0.1) is 5.92 Å². The molecule has 3 rings (SSSR count). The van der Waals surface area contributed by atoms with Gasteiger partial charge in [-0.3, -0.25) is 14.0 Å². The van der Waals surface area contributed by atoms with E-state index in [1.807, 2.05) is 32.0 Å². The molecule has 0 spiro atoms. The van der Waals surface area contributed by atoms with E-state index >= 15 is 0 Å². The standard InChI is InChI=1S/C23H30N6O4S/c1-5-28(6-2)34(32,33)18-11-9-10-17(14-18)22(30)25-21(16(3)4)23(31)24-15-20-27-26-19-12-7-8-13-29(19)20/h7-14,16,21H,5-6,15H2,1-4H3,(H,24,31)(H,25,30)/t21-/m1/s1. The molecule has 2 aromatic heterocycles. The zero-order chi connectivity index (χ0) is 24.9. The number of aromatic nitrogens is 3. The molecule has 0 bridgehead atoms. The van der Waals surface area contributed by atoms with Gasteiger partial charge in [0.15, 0.2) is 11.5 Å². The molecule has 0 fully saturated rings. The van der Waals surface area contributed by atoms with Crippen molar-refractivity contribution in [3.8, 4) is 0 Å². The smallest absolute Gasteiger partial charge is 0.251 e. The lowest BCUT2D eigenvalue weighted by atomic mass is 10.0. The Kier molecular flexibility index (Phi) is 8.00. The maximum absolute atomic E-state index is 12.9. The van der Waals surface area contributed by atoms with E-state index in [0.29, 0.717) is 24.6 Å². The van der Waals surface area contributed by atoms with Gasteiger partial charge in [-0.25, -0.2) is 8.42 Å². The van der Waals surface area contributed by atoms with Crippen LogP contribution in [-0.2, 0) is 21.4 Å². The Hall–Kier alpha value is -3.31. The van der Waals surface area contributed by atoms with Crippen molar-refractivity contribution in [3.05, 3.63) is 60.0 Å². The lowest BCUT2D eigenvalue weighted by Crippen LogP contribution is -2.49.